The second-order valence-corrected chi connectivity index (χ2v) is 13.5. The highest BCUT2D eigenvalue weighted by molar-refractivity contribution is 7.47. The van der Waals surface area contributed by atoms with E-state index in [1.54, 1.807) is 0 Å². The monoisotopic (exact) mass is 683 g/mol. The molecule has 0 heterocycles. The minimum absolute atomic E-state index is 0.0967. The van der Waals surface area contributed by atoms with E-state index in [0.717, 1.165) is 70.6 Å². The molecule has 0 amide bonds. The highest BCUT2D eigenvalue weighted by Crippen LogP contribution is 2.43. The molecule has 0 spiro atoms. The molecular formula is C38H70NO7P. The van der Waals surface area contributed by atoms with E-state index in [9.17, 15) is 14.3 Å². The lowest BCUT2D eigenvalue weighted by atomic mass is 10.1. The van der Waals surface area contributed by atoms with Crippen molar-refractivity contribution in [1.82, 2.24) is 0 Å². The number of hydrogen-bond acceptors (Lipinski definition) is 7. The number of ether oxygens (including phenoxy) is 2. The third kappa shape index (κ3) is 35.6. The fourth-order valence-corrected chi connectivity index (χ4v) is 5.57. The van der Waals surface area contributed by atoms with Crippen molar-refractivity contribution in [3.63, 3.8) is 0 Å². The average molecular weight is 684 g/mol. The summed E-state index contributed by atoms with van der Waals surface area (Å²) < 4.78 is 33.2. The summed E-state index contributed by atoms with van der Waals surface area (Å²) in [6.45, 7) is 4.76. The van der Waals surface area contributed by atoms with Crippen LogP contribution in [0.4, 0.5) is 0 Å². The van der Waals surface area contributed by atoms with E-state index in [-0.39, 0.29) is 32.3 Å². The maximum absolute atomic E-state index is 12.5. The SMILES string of the molecule is CC/C=C\C/C=C\C/C=C\C/C=C\CCCCCCCCC(=O)OC(COCCCCCCCCCCC)COP(=O)(O)OCCN. The molecule has 8 nitrogen and oxygen atoms in total. The second-order valence-electron chi connectivity index (χ2n) is 12.1. The number of phosphoric acid groups is 1. The highest BCUT2D eigenvalue weighted by atomic mass is 31.2. The largest absolute Gasteiger partial charge is 0.472 e. The standard InChI is InChI=1S/C38H70NO7P/c1-3-5-7-9-11-13-14-15-16-17-18-19-20-21-22-23-25-27-29-31-38(40)46-37(36-45-47(41,42)44-34-32-39)35-43-33-30-28-26-24-12-10-8-6-4-2/h5,7,11,13,15-16,18-19,37H,3-4,6,8-10,12,14,17,20-36,39H2,1-2H3,(H,41,42)/b7-5-,13-11-,16-15-,19-18-. The zero-order chi connectivity index (χ0) is 34.5. The molecule has 0 aromatic rings. The van der Waals surface area contributed by atoms with Crippen molar-refractivity contribution < 1.29 is 32.8 Å². The van der Waals surface area contributed by atoms with Gasteiger partial charge in [0.1, 0.15) is 6.10 Å². The molecule has 0 bridgehead atoms. The Kier molecular flexibility index (Phi) is 34.6. The first kappa shape index (κ1) is 45.5. The van der Waals surface area contributed by atoms with E-state index in [2.05, 4.69) is 62.5 Å². The molecule has 0 saturated carbocycles. The Bertz CT molecular complexity index is 859. The number of carbonyl (C=O) groups excluding carboxylic acids is 1. The van der Waals surface area contributed by atoms with Crippen LogP contribution in [-0.4, -0.2) is 49.9 Å². The molecule has 2 unspecified atom stereocenters. The summed E-state index contributed by atoms with van der Waals surface area (Å²) in [7, 11) is -4.27. The molecule has 0 fully saturated rings. The van der Waals surface area contributed by atoms with Crippen LogP contribution in [0.5, 0.6) is 0 Å². The lowest BCUT2D eigenvalue weighted by Crippen LogP contribution is -2.28. The van der Waals surface area contributed by atoms with Crippen LogP contribution in [0.2, 0.25) is 0 Å². The lowest BCUT2D eigenvalue weighted by Gasteiger charge is -2.20. The molecule has 2 atom stereocenters. The van der Waals surface area contributed by atoms with Crippen molar-refractivity contribution in [3.8, 4) is 0 Å². The summed E-state index contributed by atoms with van der Waals surface area (Å²) in [4.78, 5) is 22.3. The van der Waals surface area contributed by atoms with Crippen molar-refractivity contribution in [2.75, 3.05) is 33.0 Å². The molecule has 0 saturated heterocycles. The van der Waals surface area contributed by atoms with Gasteiger partial charge in [-0.3, -0.25) is 13.8 Å². The number of rotatable bonds is 35. The third-order valence-electron chi connectivity index (χ3n) is 7.51. The van der Waals surface area contributed by atoms with Gasteiger partial charge in [0.2, 0.25) is 0 Å². The molecular weight excluding hydrogens is 613 g/mol. The number of nitrogens with two attached hydrogens (primary N) is 1. The molecule has 0 aromatic carbocycles. The van der Waals surface area contributed by atoms with Crippen LogP contribution in [0.25, 0.3) is 0 Å². The summed E-state index contributed by atoms with van der Waals surface area (Å²) in [5.74, 6) is -0.347. The van der Waals surface area contributed by atoms with Crippen molar-refractivity contribution in [1.29, 1.82) is 0 Å². The van der Waals surface area contributed by atoms with Gasteiger partial charge in [0.05, 0.1) is 19.8 Å². The molecule has 3 N–H and O–H groups in total. The van der Waals surface area contributed by atoms with E-state index < -0.39 is 13.9 Å². The summed E-state index contributed by atoms with van der Waals surface area (Å²) >= 11 is 0. The minimum Gasteiger partial charge on any atom is -0.457 e. The Labute approximate surface area is 288 Å². The fraction of sp³-hybridized carbons (Fsp3) is 0.763. The highest BCUT2D eigenvalue weighted by Gasteiger charge is 2.25. The quantitative estimate of drug-likeness (QED) is 0.0293. The van der Waals surface area contributed by atoms with Crippen LogP contribution in [0.1, 0.15) is 149 Å². The predicted molar refractivity (Wildman–Crippen MR) is 196 cm³/mol. The average Bonchev–Trinajstić information content (AvgIpc) is 3.06. The first-order valence-corrected chi connectivity index (χ1v) is 20.1. The first-order valence-electron chi connectivity index (χ1n) is 18.6. The lowest BCUT2D eigenvalue weighted by molar-refractivity contribution is -0.154. The van der Waals surface area contributed by atoms with Crippen LogP contribution in [0, 0.1) is 0 Å². The molecule has 0 aromatic heterocycles. The predicted octanol–water partition coefficient (Wildman–Crippen LogP) is 10.5. The van der Waals surface area contributed by atoms with Crippen LogP contribution >= 0.6 is 7.82 Å². The molecule has 9 heteroatoms. The van der Waals surface area contributed by atoms with Gasteiger partial charge in [0, 0.05) is 19.6 Å². The molecule has 274 valence electrons. The Morgan fingerprint density at radius 3 is 1.79 bits per heavy atom. The molecule has 0 aliphatic rings. The van der Waals surface area contributed by atoms with Gasteiger partial charge >= 0.3 is 13.8 Å². The maximum atomic E-state index is 12.5. The Hall–Kier alpha value is -1.54. The van der Waals surface area contributed by atoms with Gasteiger partial charge in [-0.1, -0.05) is 140 Å². The summed E-state index contributed by atoms with van der Waals surface area (Å²) in [5.41, 5.74) is 5.34. The molecule has 0 rings (SSSR count). The Morgan fingerprint density at radius 2 is 1.19 bits per heavy atom. The smallest absolute Gasteiger partial charge is 0.457 e. The zero-order valence-electron chi connectivity index (χ0n) is 30.0. The van der Waals surface area contributed by atoms with Crippen molar-refractivity contribution in [2.24, 2.45) is 5.73 Å². The summed E-state index contributed by atoms with van der Waals surface area (Å²) in [6, 6.07) is 0. The van der Waals surface area contributed by atoms with Gasteiger partial charge in [-0.15, -0.1) is 0 Å². The number of hydrogen-bond donors (Lipinski definition) is 2. The van der Waals surface area contributed by atoms with Crippen LogP contribution < -0.4 is 5.73 Å². The van der Waals surface area contributed by atoms with Crippen LogP contribution in [-0.2, 0) is 27.9 Å². The van der Waals surface area contributed by atoms with E-state index >= 15 is 0 Å². The number of unbranched alkanes of at least 4 members (excludes halogenated alkanes) is 14. The van der Waals surface area contributed by atoms with Gasteiger partial charge < -0.3 is 20.1 Å². The topological polar surface area (TPSA) is 117 Å². The third-order valence-corrected chi connectivity index (χ3v) is 8.49. The number of phosphoric ester groups is 1. The van der Waals surface area contributed by atoms with Gasteiger partial charge in [0.15, 0.2) is 0 Å². The normalized spacial score (nSPS) is 14.2. The number of esters is 1. The second kappa shape index (κ2) is 35.8. The van der Waals surface area contributed by atoms with Crippen molar-refractivity contribution in [3.05, 3.63) is 48.6 Å². The summed E-state index contributed by atoms with van der Waals surface area (Å²) in [6.07, 6.45) is 39.8. The van der Waals surface area contributed by atoms with Crippen molar-refractivity contribution >= 4 is 13.8 Å². The first-order chi connectivity index (χ1) is 22.9. The zero-order valence-corrected chi connectivity index (χ0v) is 30.9. The van der Waals surface area contributed by atoms with E-state index in [1.165, 1.54) is 57.8 Å². The number of allylic oxidation sites excluding steroid dienone is 8. The van der Waals surface area contributed by atoms with Crippen LogP contribution in [0.3, 0.4) is 0 Å². The van der Waals surface area contributed by atoms with Crippen molar-refractivity contribution in [2.45, 2.75) is 155 Å². The number of carbonyl (C=O) groups is 1. The van der Waals surface area contributed by atoms with Gasteiger partial charge in [-0.25, -0.2) is 4.57 Å². The van der Waals surface area contributed by atoms with Gasteiger partial charge in [0.25, 0.3) is 0 Å². The van der Waals surface area contributed by atoms with E-state index in [1.807, 2.05) is 0 Å². The Balaban J connectivity index is 4.09. The summed E-state index contributed by atoms with van der Waals surface area (Å²) in [5, 5.41) is 0. The van der Waals surface area contributed by atoms with Gasteiger partial charge in [-0.05, 0) is 51.4 Å². The fourth-order valence-electron chi connectivity index (χ4n) is 4.81. The maximum Gasteiger partial charge on any atom is 0.472 e. The molecule has 47 heavy (non-hydrogen) atoms. The minimum atomic E-state index is -4.27. The molecule has 0 aliphatic heterocycles. The van der Waals surface area contributed by atoms with Gasteiger partial charge in [-0.2, -0.15) is 0 Å². The van der Waals surface area contributed by atoms with E-state index in [4.69, 9.17) is 24.3 Å². The Morgan fingerprint density at radius 1 is 0.660 bits per heavy atom. The van der Waals surface area contributed by atoms with E-state index in [0.29, 0.717) is 13.0 Å². The van der Waals surface area contributed by atoms with Crippen LogP contribution in [0.15, 0.2) is 48.6 Å². The molecule has 0 radical (unpaired) electrons. The molecule has 0 aliphatic carbocycles.